The third-order valence-corrected chi connectivity index (χ3v) is 13.0. The van der Waals surface area contributed by atoms with E-state index in [1.54, 1.807) is 0 Å². The van der Waals surface area contributed by atoms with Crippen molar-refractivity contribution in [1.82, 2.24) is 4.98 Å². The molecule has 0 fully saturated rings. The summed E-state index contributed by atoms with van der Waals surface area (Å²) < 4.78 is 12.5. The number of anilines is 6. The fourth-order valence-corrected chi connectivity index (χ4v) is 9.42. The minimum absolute atomic E-state index is 0.0257. The Labute approximate surface area is 402 Å². The molecule has 0 radical (unpaired) electrons. The van der Waals surface area contributed by atoms with E-state index in [2.05, 4.69) is 235 Å². The Balaban J connectivity index is 0.829. The first-order chi connectivity index (χ1) is 34.0. The number of benzene rings is 9. The van der Waals surface area contributed by atoms with E-state index >= 15 is 0 Å². The van der Waals surface area contributed by atoms with Gasteiger partial charge in [0.05, 0.1) is 0 Å². The van der Waals surface area contributed by atoms with Gasteiger partial charge >= 0.3 is 0 Å². The van der Waals surface area contributed by atoms with Gasteiger partial charge in [0.1, 0.15) is 11.6 Å². The van der Waals surface area contributed by atoms with E-state index in [-0.39, 0.29) is 6.04 Å². The van der Waals surface area contributed by atoms with Crippen molar-refractivity contribution in [2.45, 2.75) is 18.6 Å². The average Bonchev–Trinajstić information content (AvgIpc) is 4.02. The molecule has 1 aromatic heterocycles. The number of allylic oxidation sites excluding steroid dienone is 2. The van der Waals surface area contributed by atoms with Gasteiger partial charge in [0.25, 0.3) is 0 Å². The van der Waals surface area contributed by atoms with E-state index in [9.17, 15) is 0 Å². The van der Waals surface area contributed by atoms with Crippen LogP contribution in [0.4, 0.5) is 34.1 Å². The van der Waals surface area contributed by atoms with Crippen LogP contribution < -0.4 is 9.80 Å². The Bertz CT molecular complexity index is 3530. The fourth-order valence-electron chi connectivity index (χ4n) is 9.42. The van der Waals surface area contributed by atoms with Crippen LogP contribution >= 0.6 is 0 Å². The summed E-state index contributed by atoms with van der Waals surface area (Å²) in [5, 5.41) is 0. The second-order valence-corrected chi connectivity index (χ2v) is 17.6. The normalized spacial score (nSPS) is 15.9. The summed E-state index contributed by atoms with van der Waals surface area (Å²) in [7, 11) is 0. The van der Waals surface area contributed by atoms with Crippen molar-refractivity contribution in [3.05, 3.63) is 260 Å². The van der Waals surface area contributed by atoms with Gasteiger partial charge in [-0.15, -0.1) is 0 Å². The molecule has 10 aromatic rings. The van der Waals surface area contributed by atoms with Crippen molar-refractivity contribution in [3.8, 4) is 44.8 Å². The molecule has 0 spiro atoms. The maximum atomic E-state index is 6.40. The molecular weight excluding hydrogens is 845 g/mol. The number of aromatic nitrogens is 1. The Kier molecular flexibility index (Phi) is 10.6. The highest BCUT2D eigenvalue weighted by molar-refractivity contribution is 5.97. The highest BCUT2D eigenvalue weighted by atomic mass is 16.5. The Morgan fingerprint density at radius 1 is 0.406 bits per heavy atom. The van der Waals surface area contributed by atoms with Crippen LogP contribution in [0.1, 0.15) is 12.5 Å². The molecule has 0 N–H and O–H groups in total. The summed E-state index contributed by atoms with van der Waals surface area (Å²) in [5.41, 5.74) is 16.2. The molecule has 2 heterocycles. The maximum absolute atomic E-state index is 6.40. The van der Waals surface area contributed by atoms with Crippen LogP contribution in [-0.4, -0.2) is 22.5 Å². The van der Waals surface area contributed by atoms with Crippen LogP contribution in [0.5, 0.6) is 0 Å². The van der Waals surface area contributed by atoms with Crippen molar-refractivity contribution in [3.63, 3.8) is 0 Å². The summed E-state index contributed by atoms with van der Waals surface area (Å²) in [6.45, 7) is 2.09. The number of hydrogen-bond donors (Lipinski definition) is 0. The van der Waals surface area contributed by atoms with Gasteiger partial charge in [-0.25, -0.2) is 9.98 Å². The van der Waals surface area contributed by atoms with Crippen LogP contribution in [0.2, 0.25) is 0 Å². The van der Waals surface area contributed by atoms with E-state index in [1.807, 2.05) is 36.4 Å². The number of para-hydroxylation sites is 4. The van der Waals surface area contributed by atoms with Gasteiger partial charge in [0, 0.05) is 45.3 Å². The Morgan fingerprint density at radius 3 is 1.38 bits per heavy atom. The third-order valence-electron chi connectivity index (χ3n) is 13.0. The van der Waals surface area contributed by atoms with E-state index in [0.29, 0.717) is 11.8 Å². The number of aliphatic imine (C=N–C) groups is 1. The zero-order valence-electron chi connectivity index (χ0n) is 37.9. The van der Waals surface area contributed by atoms with E-state index < -0.39 is 5.60 Å². The number of ether oxygens (including phenoxy) is 1. The zero-order chi connectivity index (χ0) is 46.2. The number of fused-ring (bicyclic) bond motifs is 2. The predicted molar refractivity (Wildman–Crippen MR) is 283 cm³/mol. The zero-order valence-corrected chi connectivity index (χ0v) is 37.9. The summed E-state index contributed by atoms with van der Waals surface area (Å²) >= 11 is 0. The van der Waals surface area contributed by atoms with Crippen molar-refractivity contribution in [1.29, 1.82) is 0 Å². The van der Waals surface area contributed by atoms with Crippen LogP contribution in [-0.2, 0) is 4.74 Å². The maximum Gasteiger partial charge on any atom is 0.227 e. The van der Waals surface area contributed by atoms with Crippen LogP contribution in [0.15, 0.2) is 264 Å². The number of rotatable bonds is 11. The van der Waals surface area contributed by atoms with Crippen molar-refractivity contribution in [2.75, 3.05) is 9.80 Å². The van der Waals surface area contributed by atoms with Crippen molar-refractivity contribution < 1.29 is 9.15 Å². The number of oxazole rings is 1. The van der Waals surface area contributed by atoms with Gasteiger partial charge in [-0.1, -0.05) is 127 Å². The van der Waals surface area contributed by atoms with E-state index in [1.165, 1.54) is 0 Å². The van der Waals surface area contributed by atoms with Gasteiger partial charge in [0.15, 0.2) is 11.2 Å². The lowest BCUT2D eigenvalue weighted by Crippen LogP contribution is -2.34. The molecule has 9 aromatic carbocycles. The number of hydrogen-bond acceptors (Lipinski definition) is 6. The van der Waals surface area contributed by atoms with E-state index in [0.717, 1.165) is 89.7 Å². The molecule has 6 nitrogen and oxygen atoms in total. The predicted octanol–water partition coefficient (Wildman–Crippen LogP) is 16.5. The smallest absolute Gasteiger partial charge is 0.227 e. The highest BCUT2D eigenvalue weighted by Gasteiger charge is 2.40. The van der Waals surface area contributed by atoms with Gasteiger partial charge in [-0.05, 0) is 168 Å². The molecule has 69 heavy (non-hydrogen) atoms. The summed E-state index contributed by atoms with van der Waals surface area (Å²) in [6, 6.07) is 81.0. The minimum atomic E-state index is -0.455. The summed E-state index contributed by atoms with van der Waals surface area (Å²) in [5.74, 6) is 1.28. The molecule has 6 heteroatoms. The van der Waals surface area contributed by atoms with Crippen LogP contribution in [0, 0.1) is 0 Å². The molecule has 2 aliphatic rings. The lowest BCUT2D eigenvalue weighted by Gasteiger charge is -2.27. The molecule has 0 saturated carbocycles. The van der Waals surface area contributed by atoms with Gasteiger partial charge in [-0.2, -0.15) is 0 Å². The fraction of sp³-hybridized carbons (Fsp3) is 0.0476. The summed E-state index contributed by atoms with van der Waals surface area (Å²) in [4.78, 5) is 14.2. The summed E-state index contributed by atoms with van der Waals surface area (Å²) in [6.07, 6.45) is 8.26. The van der Waals surface area contributed by atoms with Crippen molar-refractivity contribution >= 4 is 51.1 Å². The largest absolute Gasteiger partial charge is 0.464 e. The second-order valence-electron chi connectivity index (χ2n) is 17.6. The first kappa shape index (κ1) is 41.4. The molecule has 0 saturated heterocycles. The lowest BCUT2D eigenvalue weighted by molar-refractivity contribution is 0.142. The second kappa shape index (κ2) is 17.7. The molecular formula is C63H46N4O2. The minimum Gasteiger partial charge on any atom is -0.464 e. The molecule has 1 aliphatic carbocycles. The SMILES string of the molecule is CC12C=CC=CC1N=C(c1ccc(N(c3ccccc3)c3cccc(-c4cccc(-c5cccc(-c6cccc(N(c7ccccc7)c7ccc(-c8nc9ccccc9o8)cc7)c6)c5)c4)c3)cc1)O2. The molecule has 330 valence electrons. The van der Waals surface area contributed by atoms with Gasteiger partial charge in [0.2, 0.25) is 11.8 Å². The van der Waals surface area contributed by atoms with Gasteiger partial charge < -0.3 is 19.0 Å². The Hall–Kier alpha value is -9.00. The monoisotopic (exact) mass is 890 g/mol. The Morgan fingerprint density at radius 2 is 0.855 bits per heavy atom. The topological polar surface area (TPSA) is 54.1 Å². The molecule has 2 atom stereocenters. The molecule has 1 aliphatic heterocycles. The highest BCUT2D eigenvalue weighted by Crippen LogP contribution is 2.41. The van der Waals surface area contributed by atoms with E-state index in [4.69, 9.17) is 19.1 Å². The molecule has 0 bridgehead atoms. The first-order valence-corrected chi connectivity index (χ1v) is 23.3. The van der Waals surface area contributed by atoms with Crippen LogP contribution in [0.25, 0.3) is 55.9 Å². The van der Waals surface area contributed by atoms with Crippen LogP contribution in [0.3, 0.4) is 0 Å². The average molecular weight is 891 g/mol. The molecule has 0 amide bonds. The quantitative estimate of drug-likeness (QED) is 0.129. The molecule has 12 rings (SSSR count). The van der Waals surface area contributed by atoms with Crippen molar-refractivity contribution in [2.24, 2.45) is 4.99 Å². The molecule has 2 unspecified atom stereocenters. The van der Waals surface area contributed by atoms with Gasteiger partial charge in [-0.3, -0.25) is 0 Å². The lowest BCUT2D eigenvalue weighted by atomic mass is 9.93. The first-order valence-electron chi connectivity index (χ1n) is 23.3. The number of nitrogens with zero attached hydrogens (tertiary/aromatic N) is 4. The standard InChI is InChI=1S/C63H46N4O2/c1-63-39-11-10-30-60(63)65-62(69-63)45-33-37-55(38-34-45)67(53-24-6-3-7-25-53)57-27-15-21-51(43-57)49-19-13-17-47(41-49)46-16-12-18-48(40-46)50-20-14-26-56(42-50)66(52-22-4-2-5-23-52)54-35-31-44(32-36-54)61-64-58-28-8-9-29-59(58)68-61/h2-43,60H,1H3. The third kappa shape index (κ3) is 8.19.